The van der Waals surface area contributed by atoms with Crippen molar-refractivity contribution in [3.05, 3.63) is 46.8 Å². The molecule has 2 nitrogen and oxygen atoms in total. The van der Waals surface area contributed by atoms with E-state index in [1.807, 2.05) is 0 Å². The molecule has 2 aliphatic carbocycles. The van der Waals surface area contributed by atoms with E-state index >= 15 is 0 Å². The first kappa shape index (κ1) is 29.2. The maximum atomic E-state index is 3.50. The van der Waals surface area contributed by atoms with Gasteiger partial charge >= 0.3 is 26.2 Å². The second-order valence-corrected chi connectivity index (χ2v) is 18.5. The summed E-state index contributed by atoms with van der Waals surface area (Å²) in [5.41, 5.74) is 0. The molecular formula is C26H46N2Si2Zr. The van der Waals surface area contributed by atoms with E-state index in [9.17, 15) is 0 Å². The van der Waals surface area contributed by atoms with Crippen LogP contribution in [0.5, 0.6) is 0 Å². The molecule has 2 fully saturated rings. The molecule has 0 N–H and O–H groups in total. The van der Waals surface area contributed by atoms with Gasteiger partial charge < -0.3 is 9.13 Å². The summed E-state index contributed by atoms with van der Waals surface area (Å²) < 4.78 is 5.43. The molecular weight excluding hydrogens is 488 g/mol. The molecule has 4 rings (SSSR count). The van der Waals surface area contributed by atoms with E-state index in [2.05, 4.69) is 85.6 Å². The third kappa shape index (κ3) is 8.48. The summed E-state index contributed by atoms with van der Waals surface area (Å²) in [7, 11) is -2.57. The number of hydrogen-bond donors (Lipinski definition) is 0. The van der Waals surface area contributed by atoms with Gasteiger partial charge in [0.25, 0.3) is 0 Å². The molecule has 0 aromatic rings. The Balaban J connectivity index is 0.000000258. The quantitative estimate of drug-likeness (QED) is 0.282. The number of unbranched alkanes of at least 4 members (excludes halogenated alkanes) is 1. The molecule has 5 heteroatoms. The van der Waals surface area contributed by atoms with E-state index in [0.717, 1.165) is 12.8 Å². The third-order valence-corrected chi connectivity index (χ3v) is 14.4. The molecule has 2 saturated heterocycles. The Bertz CT molecular complexity index is 582. The number of allylic oxidation sites excluding steroid dienone is 8. The molecule has 0 amide bonds. The molecule has 0 aromatic heterocycles. The Labute approximate surface area is 215 Å². The summed E-state index contributed by atoms with van der Waals surface area (Å²) in [5, 5.41) is 3.05. The van der Waals surface area contributed by atoms with Gasteiger partial charge in [-0.25, -0.2) is 22.5 Å². The van der Waals surface area contributed by atoms with Crippen LogP contribution in [-0.4, -0.2) is 51.8 Å². The number of hydrogen-bond acceptors (Lipinski definition) is 2. The largest absolute Gasteiger partial charge is 2.00 e. The maximum absolute atomic E-state index is 3.50. The first-order valence-electron chi connectivity index (χ1n) is 12.4. The Morgan fingerprint density at radius 2 is 1.00 bits per heavy atom. The van der Waals surface area contributed by atoms with Gasteiger partial charge in [0.2, 0.25) is 0 Å². The van der Waals surface area contributed by atoms with E-state index < -0.39 is 16.5 Å². The van der Waals surface area contributed by atoms with Gasteiger partial charge in [-0.1, -0.05) is 52.9 Å². The van der Waals surface area contributed by atoms with Gasteiger partial charge in [0, 0.05) is 0 Å². The summed E-state index contributed by atoms with van der Waals surface area (Å²) in [6.07, 6.45) is 26.4. The van der Waals surface area contributed by atoms with E-state index in [4.69, 9.17) is 0 Å². The van der Waals surface area contributed by atoms with Crippen molar-refractivity contribution in [1.82, 2.24) is 9.13 Å². The van der Waals surface area contributed by atoms with Crippen molar-refractivity contribution >= 4 is 16.5 Å². The fourth-order valence-electron chi connectivity index (χ4n) is 4.54. The van der Waals surface area contributed by atoms with Crippen LogP contribution in [0.3, 0.4) is 0 Å². The zero-order valence-electron chi connectivity index (χ0n) is 21.2. The van der Waals surface area contributed by atoms with Crippen molar-refractivity contribution in [2.24, 2.45) is 0 Å². The van der Waals surface area contributed by atoms with Crippen LogP contribution in [0.2, 0.25) is 26.2 Å². The molecule has 0 radical (unpaired) electrons. The average molecular weight is 534 g/mol. The predicted octanol–water partition coefficient (Wildman–Crippen LogP) is 6.84. The minimum Gasteiger partial charge on any atom is -0.322 e. The molecule has 172 valence electrons. The SMILES string of the molecule is CCCC.C[Si](C)(C1=[C-]CC=C1)N1CCCC1.C[Si](C)(C1=[C-]CC=C1)N1CCCC1.[Zr+2]. The third-order valence-electron chi connectivity index (χ3n) is 7.00. The van der Waals surface area contributed by atoms with E-state index in [1.54, 1.807) is 0 Å². The predicted molar refractivity (Wildman–Crippen MR) is 138 cm³/mol. The minimum atomic E-state index is -1.29. The molecule has 2 heterocycles. The maximum Gasteiger partial charge on any atom is 2.00 e. The van der Waals surface area contributed by atoms with Gasteiger partial charge in [-0.15, -0.1) is 12.8 Å². The van der Waals surface area contributed by atoms with Crippen LogP contribution < -0.4 is 0 Å². The zero-order chi connectivity index (χ0) is 22.0. The van der Waals surface area contributed by atoms with Crippen LogP contribution in [0.15, 0.2) is 34.7 Å². The van der Waals surface area contributed by atoms with Crippen LogP contribution in [0.4, 0.5) is 0 Å². The smallest absolute Gasteiger partial charge is 0.322 e. The molecule has 0 atom stereocenters. The van der Waals surface area contributed by atoms with Crippen molar-refractivity contribution in [2.45, 2.75) is 91.4 Å². The van der Waals surface area contributed by atoms with Gasteiger partial charge in [-0.05, 0) is 51.9 Å². The molecule has 0 unspecified atom stereocenters. The summed E-state index contributed by atoms with van der Waals surface area (Å²) in [6.45, 7) is 19.5. The second-order valence-electron chi connectivity index (χ2n) is 9.90. The Morgan fingerprint density at radius 1 is 0.677 bits per heavy atom. The van der Waals surface area contributed by atoms with Crippen molar-refractivity contribution in [2.75, 3.05) is 26.2 Å². The van der Waals surface area contributed by atoms with Crippen LogP contribution >= 0.6 is 0 Å². The summed E-state index contributed by atoms with van der Waals surface area (Å²) >= 11 is 0. The van der Waals surface area contributed by atoms with E-state index in [1.165, 1.54) is 75.1 Å². The molecule has 31 heavy (non-hydrogen) atoms. The Morgan fingerprint density at radius 3 is 1.23 bits per heavy atom. The van der Waals surface area contributed by atoms with Gasteiger partial charge in [0.05, 0.1) is 0 Å². The van der Waals surface area contributed by atoms with Crippen LogP contribution in [0.25, 0.3) is 0 Å². The second kappa shape index (κ2) is 14.5. The van der Waals surface area contributed by atoms with Gasteiger partial charge in [-0.3, -0.25) is 12.2 Å². The normalized spacial score (nSPS) is 21.1. The van der Waals surface area contributed by atoms with Gasteiger partial charge in [-0.2, -0.15) is 12.2 Å². The number of rotatable bonds is 5. The van der Waals surface area contributed by atoms with Crippen LogP contribution in [-0.2, 0) is 26.2 Å². The molecule has 0 bridgehead atoms. The summed E-state index contributed by atoms with van der Waals surface area (Å²) in [5.74, 6) is 0. The zero-order valence-corrected chi connectivity index (χ0v) is 25.6. The van der Waals surface area contributed by atoms with Crippen LogP contribution in [0.1, 0.15) is 65.2 Å². The Hall–Kier alpha value is 0.197. The molecule has 0 spiro atoms. The van der Waals surface area contributed by atoms with E-state index in [0.29, 0.717) is 0 Å². The van der Waals surface area contributed by atoms with Crippen molar-refractivity contribution < 1.29 is 26.2 Å². The van der Waals surface area contributed by atoms with Crippen molar-refractivity contribution in [1.29, 1.82) is 0 Å². The molecule has 4 aliphatic rings. The first-order valence-corrected chi connectivity index (χ1v) is 18.3. The molecule has 0 aromatic carbocycles. The number of nitrogens with zero attached hydrogens (tertiary/aromatic N) is 2. The summed E-state index contributed by atoms with van der Waals surface area (Å²) in [4.78, 5) is 0. The minimum absolute atomic E-state index is 0. The average Bonchev–Trinajstić information content (AvgIpc) is 3.57. The molecule has 0 saturated carbocycles. The summed E-state index contributed by atoms with van der Waals surface area (Å²) in [6, 6.07) is 0. The van der Waals surface area contributed by atoms with Crippen molar-refractivity contribution in [3.8, 4) is 0 Å². The Kier molecular flexibility index (Phi) is 13.6. The van der Waals surface area contributed by atoms with Crippen LogP contribution in [0, 0.1) is 12.2 Å². The van der Waals surface area contributed by atoms with Gasteiger partial charge in [0.15, 0.2) is 0 Å². The fraction of sp³-hybridized carbons (Fsp3) is 0.692. The van der Waals surface area contributed by atoms with Crippen molar-refractivity contribution in [3.63, 3.8) is 0 Å². The fourth-order valence-corrected chi connectivity index (χ4v) is 10.2. The topological polar surface area (TPSA) is 6.48 Å². The standard InChI is InChI=1S/2C11H18NSi.C4H10.Zr/c2*1-13(2,11-7-3-4-8-11)12-9-5-6-10-12;1-3-4-2;/h2*3,7H,4-6,9-10H2,1-2H3;3-4H2,1-2H3;/q2*-1;;+2. The van der Waals surface area contributed by atoms with E-state index in [-0.39, 0.29) is 26.2 Å². The van der Waals surface area contributed by atoms with Gasteiger partial charge in [0.1, 0.15) is 16.5 Å². The molecule has 2 aliphatic heterocycles. The first-order chi connectivity index (χ1) is 14.3. The monoisotopic (exact) mass is 532 g/mol.